The summed E-state index contributed by atoms with van der Waals surface area (Å²) in [6.45, 7) is 12.3. The molecule has 2 heterocycles. The monoisotopic (exact) mass is 770 g/mol. The Morgan fingerprint density at radius 1 is 0.849 bits per heavy atom. The Kier molecular flexibility index (Phi) is 16.8. The summed E-state index contributed by atoms with van der Waals surface area (Å²) in [4.78, 5) is 12.8. The van der Waals surface area contributed by atoms with E-state index in [1.165, 1.54) is 44.9 Å². The molecule has 0 aliphatic heterocycles. The maximum absolute atomic E-state index is 13.3. The third kappa shape index (κ3) is 14.2. The molecule has 4 aromatic rings. The number of aromatic amines is 1. The molecular weight excluding hydrogens is 713 g/mol. The number of H-pyrrole nitrogens is 1. The van der Waals surface area contributed by atoms with Gasteiger partial charge in [-0.15, -0.1) is 10.2 Å². The summed E-state index contributed by atoms with van der Waals surface area (Å²) in [5.74, 6) is 1.30. The van der Waals surface area contributed by atoms with Gasteiger partial charge in [-0.05, 0) is 62.9 Å². The zero-order valence-electron chi connectivity index (χ0n) is 32.2. The van der Waals surface area contributed by atoms with E-state index in [2.05, 4.69) is 52.4 Å². The summed E-state index contributed by atoms with van der Waals surface area (Å²) < 4.78 is 50.7. The molecule has 53 heavy (non-hydrogen) atoms. The average Bonchev–Trinajstić information content (AvgIpc) is 3.71. The van der Waals surface area contributed by atoms with Gasteiger partial charge in [0, 0.05) is 23.6 Å². The van der Waals surface area contributed by atoms with Gasteiger partial charge in [-0.25, -0.2) is 9.24 Å². The van der Waals surface area contributed by atoms with Crippen molar-refractivity contribution >= 4 is 34.1 Å². The first kappa shape index (κ1) is 42.0. The van der Waals surface area contributed by atoms with Gasteiger partial charge in [0.1, 0.15) is 5.75 Å². The number of unbranched alkanes of at least 4 members (excludes halogenated alkanes) is 9. The van der Waals surface area contributed by atoms with Crippen molar-refractivity contribution in [1.82, 2.24) is 29.3 Å². The van der Waals surface area contributed by atoms with Gasteiger partial charge in [0.05, 0.1) is 12.1 Å². The van der Waals surface area contributed by atoms with Crippen LogP contribution >= 0.6 is 0 Å². The molecule has 3 N–H and O–H groups in total. The summed E-state index contributed by atoms with van der Waals surface area (Å²) in [5, 5.41) is 11.9. The van der Waals surface area contributed by atoms with Crippen LogP contribution in [0.2, 0.25) is 0 Å². The first-order valence-electron chi connectivity index (χ1n) is 19.0. The molecule has 0 fully saturated rings. The first-order chi connectivity index (χ1) is 25.4. The number of aromatic nitrogens is 4. The van der Waals surface area contributed by atoms with Crippen LogP contribution in [0.3, 0.4) is 0 Å². The van der Waals surface area contributed by atoms with Gasteiger partial charge in [0.2, 0.25) is 5.91 Å². The zero-order valence-corrected chi connectivity index (χ0v) is 33.8. The van der Waals surface area contributed by atoms with Crippen molar-refractivity contribution in [3.05, 3.63) is 71.7 Å². The van der Waals surface area contributed by atoms with Crippen molar-refractivity contribution in [3.63, 3.8) is 0 Å². The lowest BCUT2D eigenvalue weighted by atomic mass is 9.93. The maximum atomic E-state index is 13.3. The Hall–Kier alpha value is -3.75. The fourth-order valence-corrected chi connectivity index (χ4v) is 7.22. The predicted molar refractivity (Wildman–Crippen MR) is 211 cm³/mol. The molecule has 0 saturated carbocycles. The molecule has 292 valence electrons. The van der Waals surface area contributed by atoms with E-state index in [1.54, 1.807) is 40.9 Å². The predicted octanol–water partition coefficient (Wildman–Crippen LogP) is 8.58. The number of fused-ring (bicyclic) bond motifs is 1. The van der Waals surface area contributed by atoms with Crippen molar-refractivity contribution < 1.29 is 26.3 Å². The number of aryl methyl sites for hydroxylation is 1. The highest BCUT2D eigenvalue weighted by Crippen LogP contribution is 2.32. The molecule has 4 atom stereocenters. The van der Waals surface area contributed by atoms with Gasteiger partial charge in [-0.3, -0.25) is 9.89 Å². The minimum atomic E-state index is -2.02. The van der Waals surface area contributed by atoms with Gasteiger partial charge in [0.15, 0.2) is 23.0 Å². The molecule has 0 aliphatic carbocycles. The molecular formula is C39H58N6O6S2. The largest absolute Gasteiger partial charge is 0.486 e. The topological polar surface area (TPSA) is 149 Å². The van der Waals surface area contributed by atoms with Crippen LogP contribution in [0, 0.1) is 6.92 Å². The lowest BCUT2D eigenvalue weighted by molar-refractivity contribution is -0.119. The average molecular weight is 771 g/mol. The number of nitrogens with zero attached hydrogens (tertiary/aromatic N) is 3. The molecule has 2 aromatic carbocycles. The van der Waals surface area contributed by atoms with Crippen LogP contribution in [-0.4, -0.2) is 40.2 Å². The number of nitrogens with one attached hydrogen (secondary N) is 3. The van der Waals surface area contributed by atoms with Gasteiger partial charge < -0.3 is 13.1 Å². The van der Waals surface area contributed by atoms with Gasteiger partial charge in [0.25, 0.3) is 11.3 Å². The molecule has 4 unspecified atom stereocenters. The number of benzene rings is 2. The number of ether oxygens (including phenoxy) is 1. The van der Waals surface area contributed by atoms with Crippen LogP contribution in [0.4, 0.5) is 0 Å². The number of carbonyl (C=O) groups excluding carboxylic acids is 1. The zero-order chi connectivity index (χ0) is 38.2. The Morgan fingerprint density at radius 3 is 2.21 bits per heavy atom. The fourth-order valence-electron chi connectivity index (χ4n) is 5.87. The highest BCUT2D eigenvalue weighted by atomic mass is 32.2. The second-order valence-electron chi connectivity index (χ2n) is 14.7. The highest BCUT2D eigenvalue weighted by Gasteiger charge is 2.23. The molecule has 0 spiro atoms. The number of carbonyl (C=O) groups is 1. The van der Waals surface area contributed by atoms with E-state index in [1.807, 2.05) is 32.0 Å². The number of hydrogen-bond acceptors (Lipinski definition) is 8. The second kappa shape index (κ2) is 21.2. The molecule has 4 rings (SSSR count). The van der Waals surface area contributed by atoms with E-state index in [-0.39, 0.29) is 17.9 Å². The third-order valence-corrected chi connectivity index (χ3v) is 10.5. The van der Waals surface area contributed by atoms with Crippen LogP contribution in [0.15, 0.2) is 54.6 Å². The summed E-state index contributed by atoms with van der Waals surface area (Å²) in [5.41, 5.74) is 2.49. The number of amides is 1. The molecule has 12 nitrogen and oxygen atoms in total. The lowest BCUT2D eigenvalue weighted by Crippen LogP contribution is -2.30. The van der Waals surface area contributed by atoms with Gasteiger partial charge in [-0.2, -0.15) is 13.1 Å². The van der Waals surface area contributed by atoms with Crippen molar-refractivity contribution in [2.45, 2.75) is 143 Å². The van der Waals surface area contributed by atoms with E-state index < -0.39 is 34.5 Å². The van der Waals surface area contributed by atoms with Crippen molar-refractivity contribution in [3.8, 4) is 17.2 Å². The smallest absolute Gasteiger partial charge is 0.318 e. The van der Waals surface area contributed by atoms with E-state index >= 15 is 0 Å². The number of para-hydroxylation sites is 1. The lowest BCUT2D eigenvalue weighted by Gasteiger charge is -2.21. The van der Waals surface area contributed by atoms with Gasteiger partial charge in [-0.1, -0.05) is 110 Å². The Bertz CT molecular complexity index is 1760. The normalized spacial score (nSPS) is 14.1. The van der Waals surface area contributed by atoms with E-state index in [0.717, 1.165) is 30.5 Å². The van der Waals surface area contributed by atoms with Crippen LogP contribution < -0.4 is 22.5 Å². The summed E-state index contributed by atoms with van der Waals surface area (Å²) in [6, 6.07) is 15.7. The first-order valence-corrected chi connectivity index (χ1v) is 21.1. The van der Waals surface area contributed by atoms with E-state index in [0.29, 0.717) is 41.6 Å². The Balaban J connectivity index is 1.36. The Labute approximate surface area is 320 Å². The minimum Gasteiger partial charge on any atom is -0.486 e. The third-order valence-electron chi connectivity index (χ3n) is 8.93. The molecule has 0 radical (unpaired) electrons. The number of rotatable bonds is 24. The Morgan fingerprint density at radius 2 is 1.53 bits per heavy atom. The van der Waals surface area contributed by atoms with Crippen molar-refractivity contribution in [1.29, 1.82) is 0 Å². The minimum absolute atomic E-state index is 0.0852. The van der Waals surface area contributed by atoms with E-state index in [9.17, 15) is 13.2 Å². The van der Waals surface area contributed by atoms with Gasteiger partial charge >= 0.3 is 11.3 Å². The molecule has 1 amide bonds. The standard InChI is InChI=1S/C39H58N6O6S2/c1-7-8-9-10-11-12-13-14-15-17-20-31(24-26-37(46)44-53(48)50-32-21-18-16-19-22-32)49-33-25-23-29(2)27-34(33)51-52(47)43-30(3)38-41-40-36-28-35(39(4,5)6)42-45(36)38/h16,18-19,21-23,25,27-28,30-31,42-43H,7-15,17,20,24,26H2,1-6H3,(H,44,46). The van der Waals surface area contributed by atoms with E-state index in [4.69, 9.17) is 13.1 Å². The molecule has 0 saturated heterocycles. The quantitative estimate of drug-likeness (QED) is 0.0600. The second-order valence-corrected chi connectivity index (χ2v) is 16.4. The van der Waals surface area contributed by atoms with Crippen LogP contribution in [-0.2, 0) is 32.7 Å². The number of hydrogen-bond donors (Lipinski definition) is 3. The summed E-state index contributed by atoms with van der Waals surface area (Å²) >= 11 is -3.98. The SMILES string of the molecule is CCCCCCCCCCCCC(CCC(=O)NS(=O)Oc1ccccc1)Oc1ccc(C)cc1OS(=O)NC(C)c1nnc2cc(C(C)(C)C)[nH]n12. The summed E-state index contributed by atoms with van der Waals surface area (Å²) in [7, 11) is 0. The van der Waals surface area contributed by atoms with Crippen LogP contribution in [0.1, 0.15) is 141 Å². The van der Waals surface area contributed by atoms with Crippen LogP contribution in [0.5, 0.6) is 17.2 Å². The summed E-state index contributed by atoms with van der Waals surface area (Å²) in [6.07, 6.45) is 12.9. The van der Waals surface area contributed by atoms with Crippen molar-refractivity contribution in [2.75, 3.05) is 0 Å². The fraction of sp³-hybridized carbons (Fsp3) is 0.564. The van der Waals surface area contributed by atoms with Crippen molar-refractivity contribution in [2.24, 2.45) is 0 Å². The highest BCUT2D eigenvalue weighted by molar-refractivity contribution is 7.79. The molecule has 0 aliphatic rings. The maximum Gasteiger partial charge on any atom is 0.318 e. The molecule has 14 heteroatoms. The molecule has 0 bridgehead atoms. The molecule has 2 aromatic heterocycles. The van der Waals surface area contributed by atoms with Crippen LogP contribution in [0.25, 0.3) is 5.65 Å².